The zero-order chi connectivity index (χ0) is 25.2. The quantitative estimate of drug-likeness (QED) is 0.288. The number of allylic oxidation sites excluding steroid dienone is 2. The van der Waals surface area contributed by atoms with Crippen LogP contribution in [0.3, 0.4) is 0 Å². The molecule has 0 fully saturated rings. The Morgan fingerprint density at radius 1 is 0.667 bits per heavy atom. The van der Waals surface area contributed by atoms with Gasteiger partial charge in [-0.15, -0.1) is 0 Å². The van der Waals surface area contributed by atoms with Gasteiger partial charge in [0.15, 0.2) is 0 Å². The zero-order valence-corrected chi connectivity index (χ0v) is 22.3. The van der Waals surface area contributed by atoms with E-state index in [1.54, 1.807) is 0 Å². The van der Waals surface area contributed by atoms with Crippen molar-refractivity contribution in [1.29, 1.82) is 0 Å². The first kappa shape index (κ1) is 22.9. The highest BCUT2D eigenvalue weighted by atomic mass is 15.1. The van der Waals surface area contributed by atoms with Crippen molar-refractivity contribution in [2.24, 2.45) is 0 Å². The van der Waals surface area contributed by atoms with Gasteiger partial charge in [-0.3, -0.25) is 0 Å². The summed E-state index contributed by atoms with van der Waals surface area (Å²) in [5.74, 6) is 0. The van der Waals surface area contributed by atoms with E-state index in [0.717, 1.165) is 6.42 Å². The van der Waals surface area contributed by atoms with Crippen molar-refractivity contribution >= 4 is 22.6 Å². The molecule has 0 heterocycles. The van der Waals surface area contributed by atoms with Gasteiger partial charge in [0.2, 0.25) is 0 Å². The highest BCUT2D eigenvalue weighted by Gasteiger charge is 2.41. The SMILES string of the molecule is C/C=C1/CC(C)(C)c2cc3c(cc21)C(C)(C)c1cc(N(c2ccccc2)c2ccccc2)cc(C)c1-3. The fourth-order valence-corrected chi connectivity index (χ4v) is 6.57. The van der Waals surface area contributed by atoms with E-state index < -0.39 is 0 Å². The molecule has 4 aromatic rings. The molecule has 0 amide bonds. The Kier molecular flexibility index (Phi) is 5.06. The lowest BCUT2D eigenvalue weighted by Gasteiger charge is -2.28. The topological polar surface area (TPSA) is 3.24 Å². The largest absolute Gasteiger partial charge is 0.310 e. The number of rotatable bonds is 3. The fraction of sp³-hybridized carbons (Fsp3) is 0.257. The summed E-state index contributed by atoms with van der Waals surface area (Å²) >= 11 is 0. The summed E-state index contributed by atoms with van der Waals surface area (Å²) in [6, 6.07) is 31.3. The molecule has 0 saturated heterocycles. The van der Waals surface area contributed by atoms with Crippen LogP contribution in [-0.2, 0) is 10.8 Å². The standard InChI is InChI=1S/C35H35N/c1-7-24-22-34(3,4)30-21-29-31(20-28(24)30)35(5,6)32-19-27(18-23(2)33(29)32)36(25-14-10-8-11-15-25)26-16-12-9-13-17-26/h7-21H,22H2,1-6H3/b24-7-. The number of benzene rings is 4. The summed E-state index contributed by atoms with van der Waals surface area (Å²) in [6.07, 6.45) is 3.44. The minimum atomic E-state index is -0.0644. The van der Waals surface area contributed by atoms with E-state index in [4.69, 9.17) is 0 Å². The molecule has 36 heavy (non-hydrogen) atoms. The van der Waals surface area contributed by atoms with Crippen molar-refractivity contribution in [3.63, 3.8) is 0 Å². The van der Waals surface area contributed by atoms with Gasteiger partial charge >= 0.3 is 0 Å². The Hall–Kier alpha value is -3.58. The number of hydrogen-bond donors (Lipinski definition) is 0. The molecule has 1 heteroatoms. The number of aryl methyl sites for hydroxylation is 1. The number of fused-ring (bicyclic) bond motifs is 4. The van der Waals surface area contributed by atoms with E-state index in [-0.39, 0.29) is 10.8 Å². The zero-order valence-electron chi connectivity index (χ0n) is 22.3. The summed E-state index contributed by atoms with van der Waals surface area (Å²) in [7, 11) is 0. The maximum absolute atomic E-state index is 2.52. The van der Waals surface area contributed by atoms with Gasteiger partial charge in [0.1, 0.15) is 0 Å². The first-order valence-electron chi connectivity index (χ1n) is 13.1. The Morgan fingerprint density at radius 2 is 1.25 bits per heavy atom. The van der Waals surface area contributed by atoms with Gasteiger partial charge in [-0.05, 0) is 119 Å². The van der Waals surface area contributed by atoms with E-state index in [1.807, 2.05) is 0 Å². The third kappa shape index (κ3) is 3.29. The van der Waals surface area contributed by atoms with Crippen LogP contribution < -0.4 is 4.90 Å². The molecule has 0 aromatic heterocycles. The minimum Gasteiger partial charge on any atom is -0.310 e. The van der Waals surface area contributed by atoms with Crippen LogP contribution in [0, 0.1) is 6.92 Å². The predicted molar refractivity (Wildman–Crippen MR) is 155 cm³/mol. The van der Waals surface area contributed by atoms with Crippen molar-refractivity contribution in [3.8, 4) is 11.1 Å². The van der Waals surface area contributed by atoms with Crippen LogP contribution in [0.2, 0.25) is 0 Å². The normalized spacial score (nSPS) is 17.6. The first-order valence-corrected chi connectivity index (χ1v) is 13.1. The summed E-state index contributed by atoms with van der Waals surface area (Å²) in [5.41, 5.74) is 15.2. The lowest BCUT2D eigenvalue weighted by atomic mass is 9.80. The van der Waals surface area contributed by atoms with Crippen LogP contribution >= 0.6 is 0 Å². The number of para-hydroxylation sites is 2. The van der Waals surface area contributed by atoms with E-state index in [2.05, 4.69) is 137 Å². The maximum atomic E-state index is 2.52. The van der Waals surface area contributed by atoms with E-state index in [0.29, 0.717) is 0 Å². The molecule has 180 valence electrons. The highest BCUT2D eigenvalue weighted by Crippen LogP contribution is 2.56. The lowest BCUT2D eigenvalue weighted by molar-refractivity contribution is 0.563. The molecule has 2 aliphatic carbocycles. The molecule has 6 rings (SSSR count). The Morgan fingerprint density at radius 3 is 1.83 bits per heavy atom. The van der Waals surface area contributed by atoms with Gasteiger partial charge in [-0.1, -0.05) is 70.2 Å². The minimum absolute atomic E-state index is 0.0644. The molecular weight excluding hydrogens is 434 g/mol. The summed E-state index contributed by atoms with van der Waals surface area (Å²) in [4.78, 5) is 2.38. The van der Waals surface area contributed by atoms with E-state index >= 15 is 0 Å². The molecule has 0 aliphatic heterocycles. The van der Waals surface area contributed by atoms with Crippen molar-refractivity contribution < 1.29 is 0 Å². The van der Waals surface area contributed by atoms with Crippen LogP contribution in [0.5, 0.6) is 0 Å². The van der Waals surface area contributed by atoms with Crippen molar-refractivity contribution in [1.82, 2.24) is 0 Å². The summed E-state index contributed by atoms with van der Waals surface area (Å²) < 4.78 is 0. The molecule has 0 bridgehead atoms. The number of hydrogen-bond acceptors (Lipinski definition) is 1. The molecule has 2 aliphatic rings. The van der Waals surface area contributed by atoms with Crippen LogP contribution in [0.4, 0.5) is 17.1 Å². The maximum Gasteiger partial charge on any atom is 0.0467 e. The second-order valence-electron chi connectivity index (χ2n) is 11.6. The van der Waals surface area contributed by atoms with Crippen LogP contribution in [-0.4, -0.2) is 0 Å². The monoisotopic (exact) mass is 469 g/mol. The molecule has 0 saturated carbocycles. The smallest absolute Gasteiger partial charge is 0.0467 e. The van der Waals surface area contributed by atoms with Crippen LogP contribution in [0.1, 0.15) is 68.9 Å². The molecule has 0 N–H and O–H groups in total. The fourth-order valence-electron chi connectivity index (χ4n) is 6.57. The van der Waals surface area contributed by atoms with Crippen molar-refractivity contribution in [2.45, 2.75) is 58.8 Å². The number of anilines is 3. The van der Waals surface area contributed by atoms with Gasteiger partial charge in [-0.2, -0.15) is 0 Å². The summed E-state index contributed by atoms with van der Waals surface area (Å²) in [5, 5.41) is 0. The Balaban J connectivity index is 1.58. The van der Waals surface area contributed by atoms with Gasteiger partial charge in [0.05, 0.1) is 0 Å². The molecule has 1 nitrogen and oxygen atoms in total. The van der Waals surface area contributed by atoms with Crippen molar-refractivity contribution in [3.05, 3.63) is 119 Å². The lowest BCUT2D eigenvalue weighted by Crippen LogP contribution is -2.17. The first-order chi connectivity index (χ1) is 17.2. The summed E-state index contributed by atoms with van der Waals surface area (Å²) in [6.45, 7) is 14.1. The second-order valence-corrected chi connectivity index (χ2v) is 11.6. The highest BCUT2D eigenvalue weighted by molar-refractivity contribution is 5.90. The van der Waals surface area contributed by atoms with Crippen molar-refractivity contribution in [2.75, 3.05) is 4.90 Å². The third-order valence-corrected chi connectivity index (χ3v) is 8.44. The molecule has 0 unspecified atom stereocenters. The molecule has 0 spiro atoms. The molecular formula is C35H35N. The molecule has 0 atom stereocenters. The predicted octanol–water partition coefficient (Wildman–Crippen LogP) is 9.86. The average molecular weight is 470 g/mol. The Labute approximate surface area is 216 Å². The molecule has 0 radical (unpaired) electrons. The second kappa shape index (κ2) is 7.96. The van der Waals surface area contributed by atoms with Gasteiger partial charge in [0, 0.05) is 22.5 Å². The van der Waals surface area contributed by atoms with Gasteiger partial charge in [0.25, 0.3) is 0 Å². The van der Waals surface area contributed by atoms with Crippen LogP contribution in [0.15, 0.2) is 91.0 Å². The third-order valence-electron chi connectivity index (χ3n) is 8.44. The van der Waals surface area contributed by atoms with Gasteiger partial charge < -0.3 is 4.90 Å². The molecule has 4 aromatic carbocycles. The van der Waals surface area contributed by atoms with E-state index in [1.165, 1.54) is 61.6 Å². The van der Waals surface area contributed by atoms with E-state index in [9.17, 15) is 0 Å². The average Bonchev–Trinajstić information content (AvgIpc) is 3.26. The number of nitrogens with zero attached hydrogens (tertiary/aromatic N) is 1. The van der Waals surface area contributed by atoms with Gasteiger partial charge in [-0.25, -0.2) is 0 Å². The Bertz CT molecular complexity index is 1460. The van der Waals surface area contributed by atoms with Crippen LogP contribution in [0.25, 0.3) is 16.7 Å².